The fraction of sp³-hybridized carbons (Fsp3) is 0.312. The molecule has 130 valence electrons. The second-order valence-electron chi connectivity index (χ2n) is 6.25. The van der Waals surface area contributed by atoms with Gasteiger partial charge in [0.25, 0.3) is 5.91 Å². The van der Waals surface area contributed by atoms with Crippen molar-refractivity contribution in [1.82, 2.24) is 9.63 Å². The molecular formula is C16H16N3O5P. The summed E-state index contributed by atoms with van der Waals surface area (Å²) in [7, 11) is -3.88. The second-order valence-corrected chi connectivity index (χ2v) is 7.68. The molecule has 0 aliphatic carbocycles. The predicted octanol–water partition coefficient (Wildman–Crippen LogP) is 2.17. The van der Waals surface area contributed by atoms with Crippen molar-refractivity contribution < 1.29 is 23.0 Å². The van der Waals surface area contributed by atoms with E-state index in [4.69, 9.17) is 19.4 Å². The van der Waals surface area contributed by atoms with Gasteiger partial charge in [-0.25, -0.2) is 0 Å². The van der Waals surface area contributed by atoms with Crippen LogP contribution in [0.2, 0.25) is 0 Å². The molecule has 8 nitrogen and oxygen atoms in total. The maximum Gasteiger partial charge on any atom is 0.666 e. The Balaban J connectivity index is 1.80. The van der Waals surface area contributed by atoms with Crippen LogP contribution in [0.3, 0.4) is 0 Å². The van der Waals surface area contributed by atoms with Gasteiger partial charge in [0.1, 0.15) is 11.4 Å². The van der Waals surface area contributed by atoms with Gasteiger partial charge in [-0.3, -0.25) is 14.3 Å². The number of phosphoric ester groups is 1. The van der Waals surface area contributed by atoms with Gasteiger partial charge in [-0.15, -0.1) is 0 Å². The van der Waals surface area contributed by atoms with Crippen LogP contribution in [-0.4, -0.2) is 35.2 Å². The highest BCUT2D eigenvalue weighted by molar-refractivity contribution is 7.49. The smallest absolute Gasteiger partial charge is 0.384 e. The number of carbonyl (C=O) groups is 1. The van der Waals surface area contributed by atoms with Crippen molar-refractivity contribution in [3.8, 4) is 11.5 Å². The maximum absolute atomic E-state index is 12.8. The van der Waals surface area contributed by atoms with E-state index in [0.717, 1.165) is 31.6 Å². The van der Waals surface area contributed by atoms with E-state index >= 15 is 0 Å². The van der Waals surface area contributed by atoms with E-state index in [1.54, 1.807) is 12.1 Å². The Morgan fingerprint density at radius 1 is 1.36 bits per heavy atom. The number of rotatable bonds is 3. The van der Waals surface area contributed by atoms with Crippen LogP contribution in [0.5, 0.6) is 11.5 Å². The summed E-state index contributed by atoms with van der Waals surface area (Å²) in [6.07, 6.45) is 2.90. The average molecular weight is 361 g/mol. The Morgan fingerprint density at radius 2 is 2.20 bits per heavy atom. The third-order valence-electron chi connectivity index (χ3n) is 4.90. The van der Waals surface area contributed by atoms with Crippen LogP contribution in [0.4, 0.5) is 0 Å². The first-order valence-corrected chi connectivity index (χ1v) is 9.59. The van der Waals surface area contributed by atoms with E-state index in [-0.39, 0.29) is 11.3 Å². The quantitative estimate of drug-likeness (QED) is 0.842. The van der Waals surface area contributed by atoms with Gasteiger partial charge in [-0.05, 0) is 30.7 Å². The molecule has 1 aromatic carbocycles. The highest BCUT2D eigenvalue weighted by Crippen LogP contribution is 2.60. The Morgan fingerprint density at radius 3 is 2.88 bits per heavy atom. The molecule has 4 heterocycles. The molecule has 1 amide bonds. The summed E-state index contributed by atoms with van der Waals surface area (Å²) in [6, 6.07) is 3.33. The van der Waals surface area contributed by atoms with Crippen LogP contribution in [-0.2, 0) is 4.57 Å². The Labute approximate surface area is 143 Å². The van der Waals surface area contributed by atoms with Crippen LogP contribution in [0.25, 0.3) is 16.5 Å². The lowest BCUT2D eigenvalue weighted by molar-refractivity contribution is 0.1000. The number of amides is 1. The predicted molar refractivity (Wildman–Crippen MR) is 90.6 cm³/mol. The van der Waals surface area contributed by atoms with E-state index < -0.39 is 13.7 Å². The normalized spacial score (nSPS) is 24.0. The molecule has 25 heavy (non-hydrogen) atoms. The number of hydrogen-bond acceptors (Lipinski definition) is 6. The number of likely N-dealkylation sites (N-methyl/N-ethyl adjacent to an activating group) is 1. The topological polar surface area (TPSA) is 96.0 Å². The number of benzene rings is 1. The van der Waals surface area contributed by atoms with Crippen LogP contribution < -0.4 is 19.4 Å². The minimum atomic E-state index is -3.88. The highest BCUT2D eigenvalue weighted by atomic mass is 31.2. The first kappa shape index (κ1) is 14.9. The van der Waals surface area contributed by atoms with Gasteiger partial charge in [0.15, 0.2) is 5.75 Å². The average Bonchev–Trinajstić information content (AvgIpc) is 2.75. The second kappa shape index (κ2) is 4.80. The zero-order valence-electron chi connectivity index (χ0n) is 13.5. The molecule has 1 aromatic heterocycles. The van der Waals surface area contributed by atoms with Gasteiger partial charge in [0, 0.05) is 13.1 Å². The van der Waals surface area contributed by atoms with Gasteiger partial charge in [0.05, 0.1) is 16.5 Å². The van der Waals surface area contributed by atoms with Gasteiger partial charge in [-0.1, -0.05) is 13.0 Å². The largest absolute Gasteiger partial charge is 0.666 e. The van der Waals surface area contributed by atoms with Crippen molar-refractivity contribution in [2.45, 2.75) is 13.3 Å². The Hall–Kier alpha value is -2.44. The zero-order chi connectivity index (χ0) is 17.3. The Bertz CT molecular complexity index is 1020. The maximum atomic E-state index is 12.8. The molecule has 0 fully saturated rings. The van der Waals surface area contributed by atoms with E-state index in [9.17, 15) is 9.36 Å². The van der Waals surface area contributed by atoms with E-state index in [1.807, 2.05) is 0 Å². The third-order valence-corrected chi connectivity index (χ3v) is 6.08. The fourth-order valence-corrected chi connectivity index (χ4v) is 4.94. The molecule has 0 saturated heterocycles. The van der Waals surface area contributed by atoms with Crippen molar-refractivity contribution in [2.75, 3.05) is 19.6 Å². The van der Waals surface area contributed by atoms with Gasteiger partial charge in [0.2, 0.25) is 0 Å². The first-order chi connectivity index (χ1) is 12.0. The van der Waals surface area contributed by atoms with Crippen LogP contribution in [0, 0.1) is 0 Å². The molecule has 0 radical (unpaired) electrons. The van der Waals surface area contributed by atoms with Crippen LogP contribution >= 0.6 is 7.82 Å². The fourth-order valence-electron chi connectivity index (χ4n) is 3.67. The van der Waals surface area contributed by atoms with E-state index in [0.29, 0.717) is 22.3 Å². The zero-order valence-corrected chi connectivity index (χ0v) is 14.4. The lowest BCUT2D eigenvalue weighted by atomic mass is 10.0. The molecule has 0 spiro atoms. The van der Waals surface area contributed by atoms with Crippen molar-refractivity contribution in [2.24, 2.45) is 5.73 Å². The third kappa shape index (κ3) is 1.92. The molecule has 5 rings (SSSR count). The van der Waals surface area contributed by atoms with Crippen molar-refractivity contribution >= 4 is 30.2 Å². The molecule has 5 bridgehead atoms. The first-order valence-electron chi connectivity index (χ1n) is 8.13. The molecule has 2 aromatic rings. The monoisotopic (exact) mass is 361 g/mol. The lowest BCUT2D eigenvalue weighted by Crippen LogP contribution is -2.29. The SMILES string of the molecule is CCN1CC=C(c2c3c4c(C(N)=O)c5ccc4n2OP(=O)(O5)O3)CC1. The molecule has 1 unspecified atom stereocenters. The summed E-state index contributed by atoms with van der Waals surface area (Å²) >= 11 is 0. The van der Waals surface area contributed by atoms with Crippen molar-refractivity contribution in [3.05, 3.63) is 29.5 Å². The summed E-state index contributed by atoms with van der Waals surface area (Å²) in [5, 5.41) is 0.494. The van der Waals surface area contributed by atoms with E-state index in [2.05, 4.69) is 17.9 Å². The molecule has 3 aliphatic heterocycles. The summed E-state index contributed by atoms with van der Waals surface area (Å²) < 4.78 is 30.8. The van der Waals surface area contributed by atoms with Crippen LogP contribution in [0.15, 0.2) is 18.2 Å². The molecular weight excluding hydrogens is 345 g/mol. The van der Waals surface area contributed by atoms with Gasteiger partial charge in [-0.2, -0.15) is 9.30 Å². The number of fused-ring (bicyclic) bond motifs is 4. The molecule has 1 atom stereocenters. The Kier molecular flexibility index (Phi) is 2.86. The molecule has 2 N–H and O–H groups in total. The number of nitrogens with zero attached hydrogens (tertiary/aromatic N) is 2. The summed E-state index contributed by atoms with van der Waals surface area (Å²) in [6.45, 7) is 4.82. The number of carbonyl (C=O) groups excluding carboxylic acids is 1. The van der Waals surface area contributed by atoms with Crippen molar-refractivity contribution in [1.29, 1.82) is 0 Å². The molecule has 9 heteroatoms. The summed E-state index contributed by atoms with van der Waals surface area (Å²) in [5.74, 6) is -0.173. The van der Waals surface area contributed by atoms with Gasteiger partial charge >= 0.3 is 7.82 Å². The minimum Gasteiger partial charge on any atom is -0.384 e. The number of hydrogen-bond donors (Lipinski definition) is 1. The standard InChI is InChI=1S/C16H16N3O5P/c1-2-18-7-5-9(6-8-18)14-15-12-10-3-4-11(13(12)16(17)20)22-25(21,23-15)24-19(10)14/h3-5H,2,6-8H2,1H3,(H2,17,20). The van der Waals surface area contributed by atoms with Crippen LogP contribution in [0.1, 0.15) is 29.4 Å². The van der Waals surface area contributed by atoms with Crippen molar-refractivity contribution in [3.63, 3.8) is 0 Å². The number of primary amides is 1. The number of nitrogens with two attached hydrogens (primary N) is 1. The summed E-state index contributed by atoms with van der Waals surface area (Å²) in [4.78, 5) is 14.3. The number of phosphoric acid groups is 1. The molecule has 0 saturated carbocycles. The lowest BCUT2D eigenvalue weighted by Gasteiger charge is -2.29. The molecule has 3 aliphatic rings. The number of aromatic nitrogens is 1. The van der Waals surface area contributed by atoms with E-state index in [1.165, 1.54) is 4.73 Å². The summed E-state index contributed by atoms with van der Waals surface area (Å²) in [5.41, 5.74) is 8.04. The minimum absolute atomic E-state index is 0.125. The highest BCUT2D eigenvalue weighted by Gasteiger charge is 2.48. The van der Waals surface area contributed by atoms with Gasteiger partial charge < -0.3 is 14.8 Å².